The van der Waals surface area contributed by atoms with Crippen LogP contribution in [0.25, 0.3) is 0 Å². The molecule has 0 fully saturated rings. The van der Waals surface area contributed by atoms with E-state index in [-0.39, 0.29) is 5.75 Å². The number of benzene rings is 1. The minimum atomic E-state index is -5.29. The summed E-state index contributed by atoms with van der Waals surface area (Å²) >= 11 is -5.29. The first-order valence-corrected chi connectivity index (χ1v) is 6.98. The van der Waals surface area contributed by atoms with Gasteiger partial charge in [-0.05, 0) is 0 Å². The summed E-state index contributed by atoms with van der Waals surface area (Å²) in [6, 6.07) is 3.69. The van der Waals surface area contributed by atoms with Crippen molar-refractivity contribution in [3.05, 3.63) is 24.3 Å². The number of rotatable bonds is 3. The van der Waals surface area contributed by atoms with Gasteiger partial charge in [-0.1, -0.05) is 0 Å². The van der Waals surface area contributed by atoms with Crippen LogP contribution in [0.1, 0.15) is 0 Å². The standard InChI is InChI=1S/C7H6AsF3O5/c9-7(10,11)15-5-1-3-6(4-2-5)16-8(12,13)14/h1-4H,(H2,12,13,14). The monoisotopic (exact) mass is 302 g/mol. The van der Waals surface area contributed by atoms with Crippen LogP contribution in [0.3, 0.4) is 0 Å². The predicted octanol–water partition coefficient (Wildman–Crippen LogP) is 0.815. The van der Waals surface area contributed by atoms with E-state index in [9.17, 15) is 16.9 Å². The molecular formula is C7H6AsF3O5. The number of hydrogen-bond acceptors (Lipinski definition) is 3. The van der Waals surface area contributed by atoms with Crippen molar-refractivity contribution in [2.24, 2.45) is 0 Å². The Balaban J connectivity index is 2.72. The third-order valence-electron chi connectivity index (χ3n) is 1.28. The first-order valence-electron chi connectivity index (χ1n) is 3.77. The molecule has 1 rings (SSSR count). The maximum absolute atomic E-state index is 11.7. The normalized spacial score (nSPS) is 12.3. The van der Waals surface area contributed by atoms with Crippen LogP contribution in [0.5, 0.6) is 11.5 Å². The first kappa shape index (κ1) is 13.0. The van der Waals surface area contributed by atoms with Gasteiger partial charge in [-0.15, -0.1) is 0 Å². The van der Waals surface area contributed by atoms with Gasteiger partial charge >= 0.3 is 90.2 Å². The fourth-order valence-corrected chi connectivity index (χ4v) is 1.67. The van der Waals surface area contributed by atoms with E-state index in [1.54, 1.807) is 0 Å². The van der Waals surface area contributed by atoms with Gasteiger partial charge in [0.1, 0.15) is 0 Å². The van der Waals surface area contributed by atoms with Gasteiger partial charge in [0.05, 0.1) is 0 Å². The van der Waals surface area contributed by atoms with Crippen molar-refractivity contribution < 1.29 is 33.6 Å². The average molecular weight is 302 g/mol. The zero-order valence-electron chi connectivity index (χ0n) is 7.51. The van der Waals surface area contributed by atoms with E-state index in [1.807, 2.05) is 0 Å². The van der Waals surface area contributed by atoms with Crippen LogP contribution >= 0.6 is 0 Å². The van der Waals surface area contributed by atoms with Gasteiger partial charge in [0, 0.05) is 0 Å². The quantitative estimate of drug-likeness (QED) is 0.808. The van der Waals surface area contributed by atoms with E-state index < -0.39 is 26.6 Å². The zero-order chi connectivity index (χ0) is 12.4. The Morgan fingerprint density at radius 1 is 1.06 bits per heavy atom. The van der Waals surface area contributed by atoms with Gasteiger partial charge < -0.3 is 0 Å². The summed E-state index contributed by atoms with van der Waals surface area (Å²) < 4.78 is 70.3. The van der Waals surface area contributed by atoms with Crippen LogP contribution in [0, 0.1) is 0 Å². The van der Waals surface area contributed by atoms with Gasteiger partial charge in [-0.25, -0.2) is 0 Å². The second kappa shape index (κ2) is 4.40. The molecule has 0 saturated heterocycles. The molecule has 0 bridgehead atoms. The Labute approximate surface area is 90.8 Å². The second-order valence-electron chi connectivity index (χ2n) is 2.60. The molecule has 1 aromatic rings. The summed E-state index contributed by atoms with van der Waals surface area (Å²) in [6.45, 7) is 0. The summed E-state index contributed by atoms with van der Waals surface area (Å²) in [5.41, 5.74) is 0. The Morgan fingerprint density at radius 3 is 1.88 bits per heavy atom. The second-order valence-corrected chi connectivity index (χ2v) is 5.04. The van der Waals surface area contributed by atoms with Gasteiger partial charge in [-0.3, -0.25) is 0 Å². The van der Waals surface area contributed by atoms with Crippen molar-refractivity contribution in [1.82, 2.24) is 0 Å². The summed E-state index contributed by atoms with van der Waals surface area (Å²) in [6.07, 6.45) is -4.81. The van der Waals surface area contributed by atoms with E-state index >= 15 is 0 Å². The summed E-state index contributed by atoms with van der Waals surface area (Å²) in [5.74, 6) is -0.736. The molecule has 9 heteroatoms. The molecular weight excluding hydrogens is 296 g/mol. The summed E-state index contributed by atoms with van der Waals surface area (Å²) in [7, 11) is 0. The van der Waals surface area contributed by atoms with Crippen molar-refractivity contribution in [3.8, 4) is 11.5 Å². The number of hydrogen-bond donors (Lipinski definition) is 2. The van der Waals surface area contributed by atoms with Gasteiger partial charge in [0.2, 0.25) is 0 Å². The van der Waals surface area contributed by atoms with Gasteiger partial charge in [-0.2, -0.15) is 0 Å². The fourth-order valence-electron chi connectivity index (χ4n) is 0.839. The van der Waals surface area contributed by atoms with E-state index in [1.165, 1.54) is 0 Å². The molecule has 0 aliphatic carbocycles. The molecule has 0 amide bonds. The van der Waals surface area contributed by atoms with E-state index in [4.69, 9.17) is 8.19 Å². The van der Waals surface area contributed by atoms with E-state index in [2.05, 4.69) is 8.46 Å². The van der Waals surface area contributed by atoms with Crippen molar-refractivity contribution in [2.75, 3.05) is 0 Å². The summed E-state index contributed by atoms with van der Waals surface area (Å²) in [5, 5.41) is 0. The maximum atomic E-state index is 11.7. The van der Waals surface area contributed by atoms with Crippen molar-refractivity contribution >= 4 is 14.5 Å². The molecule has 0 aliphatic heterocycles. The third kappa shape index (κ3) is 5.11. The number of halogens is 3. The molecule has 0 spiro atoms. The average Bonchev–Trinajstić information content (AvgIpc) is 2.03. The van der Waals surface area contributed by atoms with Crippen LogP contribution in [0.4, 0.5) is 13.2 Å². The molecule has 0 atom stereocenters. The summed E-state index contributed by atoms with van der Waals surface area (Å²) in [4.78, 5) is 0. The molecule has 0 saturated carbocycles. The van der Waals surface area contributed by atoms with Gasteiger partial charge in [0.15, 0.2) is 0 Å². The molecule has 0 heterocycles. The topological polar surface area (TPSA) is 76.0 Å². The molecule has 16 heavy (non-hydrogen) atoms. The molecule has 0 aliphatic rings. The molecule has 90 valence electrons. The van der Waals surface area contributed by atoms with Crippen LogP contribution in [0.15, 0.2) is 24.3 Å². The van der Waals surface area contributed by atoms with E-state index in [0.29, 0.717) is 0 Å². The van der Waals surface area contributed by atoms with Crippen LogP contribution in [-0.4, -0.2) is 29.1 Å². The molecule has 1 aromatic carbocycles. The van der Waals surface area contributed by atoms with Crippen LogP contribution < -0.4 is 8.46 Å². The fraction of sp³-hybridized carbons (Fsp3) is 0.143. The Kier molecular flexibility index (Phi) is 3.57. The third-order valence-corrected chi connectivity index (χ3v) is 2.22. The van der Waals surface area contributed by atoms with E-state index in [0.717, 1.165) is 24.3 Å². The van der Waals surface area contributed by atoms with Crippen molar-refractivity contribution in [1.29, 1.82) is 0 Å². The molecule has 5 nitrogen and oxygen atoms in total. The Hall–Kier alpha value is -1.11. The number of alkyl halides is 3. The molecule has 0 radical (unpaired) electrons. The van der Waals surface area contributed by atoms with Crippen molar-refractivity contribution in [2.45, 2.75) is 6.36 Å². The zero-order valence-corrected chi connectivity index (χ0v) is 9.39. The minimum absolute atomic E-state index is 0.234. The van der Waals surface area contributed by atoms with Crippen LogP contribution in [0.2, 0.25) is 0 Å². The SMILES string of the molecule is O=[As](O)(O)Oc1ccc(OC(F)(F)F)cc1. The predicted molar refractivity (Wildman–Crippen MR) is 44.6 cm³/mol. The number of ether oxygens (including phenoxy) is 1. The molecule has 0 aromatic heterocycles. The first-order chi connectivity index (χ1) is 7.16. The Morgan fingerprint density at radius 2 is 1.50 bits per heavy atom. The Bertz CT molecular complexity index is 395. The van der Waals surface area contributed by atoms with Crippen molar-refractivity contribution in [3.63, 3.8) is 0 Å². The van der Waals surface area contributed by atoms with Gasteiger partial charge in [0.25, 0.3) is 0 Å². The molecule has 0 unspecified atom stereocenters. The van der Waals surface area contributed by atoms with Crippen LogP contribution in [-0.2, 0) is 3.74 Å². The molecule has 2 N–H and O–H groups in total.